The molecule has 0 radical (unpaired) electrons. The first kappa shape index (κ1) is 58.2. The molecule has 2 saturated heterocycles. The van der Waals surface area contributed by atoms with E-state index in [9.17, 15) is 39.3 Å². The molecule has 0 spiro atoms. The Bertz CT molecular complexity index is 1830. The lowest BCUT2D eigenvalue weighted by Gasteiger charge is -2.43. The zero-order valence-electron chi connectivity index (χ0n) is 43.1. The highest BCUT2D eigenvalue weighted by molar-refractivity contribution is 6.39. The molecular formula is C54H85NO14. The van der Waals surface area contributed by atoms with Crippen LogP contribution in [0.15, 0.2) is 47.6 Å². The first-order valence-electron chi connectivity index (χ1n) is 25.6. The Balaban J connectivity index is 1.71. The van der Waals surface area contributed by atoms with Gasteiger partial charge < -0.3 is 48.6 Å². The zero-order valence-corrected chi connectivity index (χ0v) is 43.1. The number of allylic oxidation sites excluding steroid dienone is 6. The Kier molecular flexibility index (Phi) is 23.6. The Morgan fingerprint density at radius 1 is 0.870 bits per heavy atom. The number of carbonyl (C=O) groups is 5. The SMILES string of the molecule is CCO[C@H]1C[C@@H]2CC[C@@H](C)[C@@](O)(O2)C(=O)C(=O)N2CCCC[C@@H]2C(=O)O[C@H]([C@H](C)C[C@@H]2CC[C@@H](OCCO)[C@H](OC)C2)CC(=O)[C@H](C)/C=C(\C)[C@@H](O)[C@@H](OC)C(=O)[C@H](C)C[C@H](C)/C=C/C=C/C=C/1C. The van der Waals surface area contributed by atoms with Gasteiger partial charge in [-0.3, -0.25) is 19.2 Å². The van der Waals surface area contributed by atoms with Crippen molar-refractivity contribution in [3.63, 3.8) is 0 Å². The molecule has 390 valence electrons. The number of aliphatic hydroxyl groups is 3. The van der Waals surface area contributed by atoms with Crippen molar-refractivity contribution in [2.24, 2.45) is 35.5 Å². The van der Waals surface area contributed by atoms with Gasteiger partial charge in [0.25, 0.3) is 11.7 Å². The largest absolute Gasteiger partial charge is 0.460 e. The summed E-state index contributed by atoms with van der Waals surface area (Å²) in [5.74, 6) is -7.96. The van der Waals surface area contributed by atoms with Gasteiger partial charge in [-0.05, 0) is 114 Å². The number of ether oxygens (including phenoxy) is 6. The van der Waals surface area contributed by atoms with E-state index < -0.39 is 77.8 Å². The number of esters is 1. The van der Waals surface area contributed by atoms with Crippen LogP contribution in [0.1, 0.15) is 132 Å². The minimum absolute atomic E-state index is 0.0153. The van der Waals surface area contributed by atoms with E-state index in [2.05, 4.69) is 0 Å². The molecule has 1 saturated carbocycles. The summed E-state index contributed by atoms with van der Waals surface area (Å²) < 4.78 is 35.9. The lowest BCUT2D eigenvalue weighted by Crippen LogP contribution is -2.61. The first-order valence-corrected chi connectivity index (χ1v) is 25.6. The number of aliphatic hydroxyl groups excluding tert-OH is 2. The molecule has 3 aliphatic heterocycles. The average Bonchev–Trinajstić information content (AvgIpc) is 3.33. The number of piperidine rings is 1. The minimum Gasteiger partial charge on any atom is -0.460 e. The van der Waals surface area contributed by atoms with E-state index in [1.807, 2.05) is 65.0 Å². The fraction of sp³-hybridized carbons (Fsp3) is 0.759. The molecule has 15 heteroatoms. The number of rotatable bonds is 10. The van der Waals surface area contributed by atoms with Gasteiger partial charge in [0.15, 0.2) is 5.78 Å². The van der Waals surface area contributed by atoms with Gasteiger partial charge in [0.1, 0.15) is 30.1 Å². The van der Waals surface area contributed by atoms with Gasteiger partial charge in [-0.15, -0.1) is 0 Å². The van der Waals surface area contributed by atoms with E-state index in [-0.39, 0.29) is 74.1 Å². The Morgan fingerprint density at radius 3 is 2.29 bits per heavy atom. The van der Waals surface area contributed by atoms with Crippen molar-refractivity contribution in [3.8, 4) is 0 Å². The third-order valence-electron chi connectivity index (χ3n) is 15.0. The Labute approximate surface area is 411 Å². The number of Topliss-reactive ketones (excluding diaryl/α,β-unsaturated/α-hetero) is 3. The van der Waals surface area contributed by atoms with Gasteiger partial charge in [0.05, 0.1) is 37.6 Å². The van der Waals surface area contributed by atoms with E-state index in [1.165, 1.54) is 12.0 Å². The molecule has 0 aromatic rings. The van der Waals surface area contributed by atoms with Crippen molar-refractivity contribution in [1.82, 2.24) is 4.90 Å². The van der Waals surface area contributed by atoms with Crippen molar-refractivity contribution in [2.75, 3.05) is 40.6 Å². The second-order valence-corrected chi connectivity index (χ2v) is 20.4. The second kappa shape index (κ2) is 28.0. The molecule has 69 heavy (non-hydrogen) atoms. The fourth-order valence-corrected chi connectivity index (χ4v) is 10.6. The van der Waals surface area contributed by atoms with Crippen LogP contribution in [0.25, 0.3) is 0 Å². The summed E-state index contributed by atoms with van der Waals surface area (Å²) in [5.41, 5.74) is 1.28. The van der Waals surface area contributed by atoms with Crippen molar-refractivity contribution >= 4 is 29.2 Å². The smallest absolute Gasteiger partial charge is 0.329 e. The molecule has 0 unspecified atom stereocenters. The van der Waals surface area contributed by atoms with Crippen LogP contribution in [0.5, 0.6) is 0 Å². The maximum atomic E-state index is 14.5. The highest BCUT2D eigenvalue weighted by atomic mass is 16.6. The predicted octanol–water partition coefficient (Wildman–Crippen LogP) is 6.59. The lowest BCUT2D eigenvalue weighted by molar-refractivity contribution is -0.266. The molecule has 1 amide bonds. The van der Waals surface area contributed by atoms with Crippen LogP contribution in [0.4, 0.5) is 0 Å². The number of methoxy groups -OCH3 is 2. The van der Waals surface area contributed by atoms with Crippen molar-refractivity contribution in [1.29, 1.82) is 0 Å². The van der Waals surface area contributed by atoms with Gasteiger partial charge in [-0.1, -0.05) is 71.1 Å². The molecule has 4 aliphatic rings. The molecule has 4 rings (SSSR count). The number of carbonyl (C=O) groups excluding carboxylic acids is 5. The number of nitrogens with zero attached hydrogens (tertiary/aromatic N) is 1. The van der Waals surface area contributed by atoms with E-state index in [0.29, 0.717) is 70.0 Å². The Hall–Kier alpha value is -3.41. The molecular weight excluding hydrogens is 887 g/mol. The number of fused-ring (bicyclic) bond motifs is 3. The highest BCUT2D eigenvalue weighted by Crippen LogP contribution is 2.38. The molecule has 2 bridgehead atoms. The molecule has 1 aliphatic carbocycles. The van der Waals surface area contributed by atoms with Crippen molar-refractivity contribution in [2.45, 2.75) is 187 Å². The predicted molar refractivity (Wildman–Crippen MR) is 261 cm³/mol. The number of hydrogen-bond acceptors (Lipinski definition) is 14. The van der Waals surface area contributed by atoms with Gasteiger partial charge in [0, 0.05) is 58.0 Å². The number of hydrogen-bond donors (Lipinski definition) is 3. The third-order valence-corrected chi connectivity index (χ3v) is 15.0. The maximum absolute atomic E-state index is 14.5. The monoisotopic (exact) mass is 972 g/mol. The molecule has 0 aromatic heterocycles. The third kappa shape index (κ3) is 16.0. The van der Waals surface area contributed by atoms with E-state index in [0.717, 1.165) is 12.0 Å². The lowest BCUT2D eigenvalue weighted by atomic mass is 9.78. The van der Waals surface area contributed by atoms with E-state index in [4.69, 9.17) is 28.4 Å². The van der Waals surface area contributed by atoms with Crippen molar-refractivity contribution < 1.29 is 67.7 Å². The molecule has 3 heterocycles. The molecule has 15 nitrogen and oxygen atoms in total. The maximum Gasteiger partial charge on any atom is 0.329 e. The standard InChI is InChI=1S/C54H85NO14/c1-11-66-45-31-41-22-20-39(8)54(63,69-41)51(60)52(61)55-24-16-15-19-42(55)53(62)68-46(36(5)29-40-21-23-44(67-26-25-56)47(30-40)64-9)32-43(57)35(4)28-38(7)49(59)50(65-10)48(58)37(6)27-33(2)17-13-12-14-18-34(45)3/h12-14,17-18,28,33,35-37,39-42,44-47,49-50,56,59,63H,11,15-16,19-27,29-32H2,1-10H3/b14-12+,17-13+,34-18+,38-28+/t33-,35-,36-,37-,39-,40+,41+,42-,44-,45+,46+,47-,49-,50+,54-/m1/s1. The first-order chi connectivity index (χ1) is 32.8. The molecule has 3 fully saturated rings. The highest BCUT2D eigenvalue weighted by Gasteiger charge is 2.53. The van der Waals surface area contributed by atoms with Crippen LogP contribution in [-0.4, -0.2) is 145 Å². The van der Waals surface area contributed by atoms with Gasteiger partial charge in [-0.25, -0.2) is 4.79 Å². The fourth-order valence-electron chi connectivity index (χ4n) is 10.6. The van der Waals surface area contributed by atoms with Crippen LogP contribution in [-0.2, 0) is 52.4 Å². The van der Waals surface area contributed by atoms with Crippen molar-refractivity contribution in [3.05, 3.63) is 47.6 Å². The van der Waals surface area contributed by atoms with Crippen LogP contribution in [0.2, 0.25) is 0 Å². The topological polar surface area (TPSA) is 205 Å². The summed E-state index contributed by atoms with van der Waals surface area (Å²) in [6.07, 6.45) is 12.1. The van der Waals surface area contributed by atoms with Crippen LogP contribution < -0.4 is 0 Å². The van der Waals surface area contributed by atoms with Gasteiger partial charge in [0.2, 0.25) is 5.79 Å². The van der Waals surface area contributed by atoms with E-state index >= 15 is 0 Å². The number of cyclic esters (lactones) is 1. The number of ketones is 3. The van der Waals surface area contributed by atoms with Crippen LogP contribution >= 0.6 is 0 Å². The summed E-state index contributed by atoms with van der Waals surface area (Å²) in [5, 5.41) is 32.9. The van der Waals surface area contributed by atoms with E-state index in [1.54, 1.807) is 34.0 Å². The molecule has 15 atom stereocenters. The summed E-state index contributed by atoms with van der Waals surface area (Å²) in [7, 11) is 3.01. The summed E-state index contributed by atoms with van der Waals surface area (Å²) >= 11 is 0. The Morgan fingerprint density at radius 2 is 1.61 bits per heavy atom. The normalized spacial score (nSPS) is 38.8. The molecule has 0 aromatic carbocycles. The van der Waals surface area contributed by atoms with Crippen LogP contribution in [0.3, 0.4) is 0 Å². The summed E-state index contributed by atoms with van der Waals surface area (Å²) in [6.45, 7) is 15.2. The number of amides is 1. The molecule has 3 N–H and O–H groups in total. The summed E-state index contributed by atoms with van der Waals surface area (Å²) in [4.78, 5) is 72.3. The average molecular weight is 972 g/mol. The van der Waals surface area contributed by atoms with Crippen LogP contribution in [0, 0.1) is 35.5 Å². The second-order valence-electron chi connectivity index (χ2n) is 20.4. The quantitative estimate of drug-likeness (QED) is 0.120. The van der Waals surface area contributed by atoms with Gasteiger partial charge >= 0.3 is 5.97 Å². The van der Waals surface area contributed by atoms with Gasteiger partial charge in [-0.2, -0.15) is 0 Å². The summed E-state index contributed by atoms with van der Waals surface area (Å²) in [6, 6.07) is -1.15. The zero-order chi connectivity index (χ0) is 51.0. The minimum atomic E-state index is -2.43.